The molecule has 23 heavy (non-hydrogen) atoms. The molecule has 2 aromatic heterocycles. The van der Waals surface area contributed by atoms with Gasteiger partial charge >= 0.3 is 0 Å². The van der Waals surface area contributed by atoms with Crippen LogP contribution in [0.1, 0.15) is 29.4 Å². The van der Waals surface area contributed by atoms with Crippen LogP contribution in [0.4, 0.5) is 5.95 Å². The number of nitrogens with zero attached hydrogens (tertiary/aromatic N) is 3. The maximum atomic E-state index is 12.0. The second kappa shape index (κ2) is 8.07. The highest BCUT2D eigenvalue weighted by molar-refractivity contribution is 5.93. The van der Waals surface area contributed by atoms with Crippen molar-refractivity contribution in [2.24, 2.45) is 0 Å². The van der Waals surface area contributed by atoms with Crippen LogP contribution in [0.5, 0.6) is 0 Å². The van der Waals surface area contributed by atoms with Gasteiger partial charge in [-0.3, -0.25) is 9.59 Å². The Labute approximate surface area is 134 Å². The van der Waals surface area contributed by atoms with E-state index in [2.05, 4.69) is 20.6 Å². The number of aromatic nitrogens is 3. The van der Waals surface area contributed by atoms with E-state index in [1.165, 1.54) is 18.5 Å². The standard InChI is InChI=1S/C16H21N5O2/c1-3-17-16-19-10-13(11-20-16)15(23)18-8-5-9-21-12(2)6-4-7-14(21)22/h4,6-7,10-11H,3,5,8-9H2,1-2H3,(H,18,23)(H,17,19,20). The number of carbonyl (C=O) groups excluding carboxylic acids is 1. The van der Waals surface area contributed by atoms with Crippen molar-refractivity contribution >= 4 is 11.9 Å². The maximum Gasteiger partial charge on any atom is 0.254 e. The largest absolute Gasteiger partial charge is 0.355 e. The van der Waals surface area contributed by atoms with E-state index in [-0.39, 0.29) is 11.5 Å². The van der Waals surface area contributed by atoms with Crippen molar-refractivity contribution in [2.75, 3.05) is 18.4 Å². The van der Waals surface area contributed by atoms with Gasteiger partial charge < -0.3 is 15.2 Å². The normalized spacial score (nSPS) is 10.3. The number of amides is 1. The number of nitrogens with one attached hydrogen (secondary N) is 2. The van der Waals surface area contributed by atoms with Crippen LogP contribution < -0.4 is 16.2 Å². The minimum Gasteiger partial charge on any atom is -0.355 e. The molecule has 0 spiro atoms. The predicted octanol–water partition coefficient (Wildman–Crippen LogP) is 1.20. The number of hydrogen-bond donors (Lipinski definition) is 2. The molecule has 0 bridgehead atoms. The topological polar surface area (TPSA) is 88.9 Å². The Bertz CT molecular complexity index is 709. The van der Waals surface area contributed by atoms with Crippen LogP contribution in [0.3, 0.4) is 0 Å². The van der Waals surface area contributed by atoms with E-state index < -0.39 is 0 Å². The molecule has 0 aliphatic heterocycles. The number of aryl methyl sites for hydroxylation is 1. The molecule has 7 heteroatoms. The first kappa shape index (κ1) is 16.7. The second-order valence-electron chi connectivity index (χ2n) is 5.09. The number of pyridine rings is 1. The fourth-order valence-electron chi connectivity index (χ4n) is 2.15. The number of rotatable bonds is 7. The third kappa shape index (κ3) is 4.64. The number of anilines is 1. The quantitative estimate of drug-likeness (QED) is 0.750. The van der Waals surface area contributed by atoms with E-state index in [1.807, 2.05) is 19.9 Å². The highest BCUT2D eigenvalue weighted by atomic mass is 16.1. The Morgan fingerprint density at radius 3 is 2.65 bits per heavy atom. The molecule has 0 aromatic carbocycles. The van der Waals surface area contributed by atoms with Gasteiger partial charge in [-0.15, -0.1) is 0 Å². The van der Waals surface area contributed by atoms with Gasteiger partial charge in [0.2, 0.25) is 5.95 Å². The SMILES string of the molecule is CCNc1ncc(C(=O)NCCCn2c(C)cccc2=O)cn1. The van der Waals surface area contributed by atoms with E-state index in [0.29, 0.717) is 31.0 Å². The third-order valence-corrected chi connectivity index (χ3v) is 3.36. The maximum absolute atomic E-state index is 12.0. The van der Waals surface area contributed by atoms with E-state index in [0.717, 1.165) is 12.2 Å². The highest BCUT2D eigenvalue weighted by Gasteiger charge is 2.06. The molecular formula is C16H21N5O2. The molecule has 1 amide bonds. The molecule has 7 nitrogen and oxygen atoms in total. The Morgan fingerprint density at radius 1 is 1.26 bits per heavy atom. The summed E-state index contributed by atoms with van der Waals surface area (Å²) in [5.74, 6) is 0.285. The molecule has 0 radical (unpaired) electrons. The van der Waals surface area contributed by atoms with Crippen molar-refractivity contribution in [1.82, 2.24) is 19.9 Å². The van der Waals surface area contributed by atoms with Gasteiger partial charge in [-0.1, -0.05) is 6.07 Å². The predicted molar refractivity (Wildman–Crippen MR) is 88.6 cm³/mol. The first-order chi connectivity index (χ1) is 11.1. The molecule has 0 fully saturated rings. The lowest BCUT2D eigenvalue weighted by molar-refractivity contribution is 0.0952. The molecule has 0 atom stereocenters. The van der Waals surface area contributed by atoms with Gasteiger partial charge in [-0.05, 0) is 26.3 Å². The van der Waals surface area contributed by atoms with Crippen LogP contribution in [0, 0.1) is 6.92 Å². The molecule has 2 aromatic rings. The monoisotopic (exact) mass is 315 g/mol. The van der Waals surface area contributed by atoms with Crippen molar-refractivity contribution < 1.29 is 4.79 Å². The van der Waals surface area contributed by atoms with Crippen molar-refractivity contribution in [3.8, 4) is 0 Å². The van der Waals surface area contributed by atoms with Crippen LogP contribution in [0.25, 0.3) is 0 Å². The summed E-state index contributed by atoms with van der Waals surface area (Å²) in [5, 5.41) is 5.77. The lowest BCUT2D eigenvalue weighted by Crippen LogP contribution is -2.27. The summed E-state index contributed by atoms with van der Waals surface area (Å²) in [6.07, 6.45) is 3.66. The average molecular weight is 315 g/mol. The zero-order chi connectivity index (χ0) is 16.7. The minimum atomic E-state index is -0.217. The van der Waals surface area contributed by atoms with E-state index in [4.69, 9.17) is 0 Å². The average Bonchev–Trinajstić information content (AvgIpc) is 2.54. The lowest BCUT2D eigenvalue weighted by atomic mass is 10.3. The molecule has 0 aliphatic carbocycles. The van der Waals surface area contributed by atoms with E-state index in [9.17, 15) is 9.59 Å². The Morgan fingerprint density at radius 2 is 2.00 bits per heavy atom. The van der Waals surface area contributed by atoms with Gasteiger partial charge in [0.15, 0.2) is 0 Å². The van der Waals surface area contributed by atoms with E-state index in [1.54, 1.807) is 10.6 Å². The van der Waals surface area contributed by atoms with Gasteiger partial charge in [0.25, 0.3) is 11.5 Å². The smallest absolute Gasteiger partial charge is 0.254 e. The summed E-state index contributed by atoms with van der Waals surface area (Å²) >= 11 is 0. The summed E-state index contributed by atoms with van der Waals surface area (Å²) in [4.78, 5) is 31.8. The summed E-state index contributed by atoms with van der Waals surface area (Å²) < 4.78 is 1.69. The second-order valence-corrected chi connectivity index (χ2v) is 5.09. The first-order valence-corrected chi connectivity index (χ1v) is 7.62. The summed E-state index contributed by atoms with van der Waals surface area (Å²) in [5.41, 5.74) is 1.31. The Hall–Kier alpha value is -2.70. The number of hydrogen-bond acceptors (Lipinski definition) is 5. The van der Waals surface area contributed by atoms with Gasteiger partial charge in [0.05, 0.1) is 5.56 Å². The van der Waals surface area contributed by atoms with Crippen molar-refractivity contribution in [3.63, 3.8) is 0 Å². The molecule has 0 aliphatic rings. The zero-order valence-electron chi connectivity index (χ0n) is 13.4. The summed E-state index contributed by atoms with van der Waals surface area (Å²) in [7, 11) is 0. The zero-order valence-corrected chi connectivity index (χ0v) is 13.4. The van der Waals surface area contributed by atoms with Crippen LogP contribution in [-0.2, 0) is 6.54 Å². The summed E-state index contributed by atoms with van der Waals surface area (Å²) in [6, 6.07) is 5.17. The Kier molecular flexibility index (Phi) is 5.85. The molecular weight excluding hydrogens is 294 g/mol. The molecule has 0 saturated heterocycles. The third-order valence-electron chi connectivity index (χ3n) is 3.36. The van der Waals surface area contributed by atoms with Gasteiger partial charge in [0, 0.05) is 43.8 Å². The lowest BCUT2D eigenvalue weighted by Gasteiger charge is -2.10. The molecule has 2 rings (SSSR count). The molecule has 2 heterocycles. The van der Waals surface area contributed by atoms with Crippen molar-refractivity contribution in [1.29, 1.82) is 0 Å². The fraction of sp³-hybridized carbons (Fsp3) is 0.375. The van der Waals surface area contributed by atoms with Gasteiger partial charge in [0.1, 0.15) is 0 Å². The molecule has 2 N–H and O–H groups in total. The molecule has 0 unspecified atom stereocenters. The summed E-state index contributed by atoms with van der Waals surface area (Å²) in [6.45, 7) is 5.62. The number of carbonyl (C=O) groups is 1. The van der Waals surface area contributed by atoms with Gasteiger partial charge in [-0.25, -0.2) is 9.97 Å². The highest BCUT2D eigenvalue weighted by Crippen LogP contribution is 2.00. The van der Waals surface area contributed by atoms with Crippen molar-refractivity contribution in [2.45, 2.75) is 26.8 Å². The molecule has 0 saturated carbocycles. The van der Waals surface area contributed by atoms with Gasteiger partial charge in [-0.2, -0.15) is 0 Å². The van der Waals surface area contributed by atoms with Crippen LogP contribution >= 0.6 is 0 Å². The van der Waals surface area contributed by atoms with Crippen LogP contribution in [0.15, 0.2) is 35.4 Å². The van der Waals surface area contributed by atoms with Crippen LogP contribution in [0.2, 0.25) is 0 Å². The van der Waals surface area contributed by atoms with Crippen LogP contribution in [-0.4, -0.2) is 33.5 Å². The Balaban J connectivity index is 1.82. The molecule has 122 valence electrons. The fourth-order valence-corrected chi connectivity index (χ4v) is 2.15. The minimum absolute atomic E-state index is 0.0243. The van der Waals surface area contributed by atoms with E-state index >= 15 is 0 Å². The first-order valence-electron chi connectivity index (χ1n) is 7.62. The van der Waals surface area contributed by atoms with Crippen molar-refractivity contribution in [3.05, 3.63) is 52.2 Å².